The minimum atomic E-state index is 0.387. The van der Waals surface area contributed by atoms with Crippen molar-refractivity contribution in [3.05, 3.63) is 28.8 Å². The first-order valence-corrected chi connectivity index (χ1v) is 3.37. The van der Waals surface area contributed by atoms with E-state index in [1.54, 1.807) is 0 Å². The molecule has 0 atom stereocenters. The lowest BCUT2D eigenvalue weighted by Crippen LogP contribution is -2.26. The molecule has 0 bridgehead atoms. The van der Waals surface area contributed by atoms with Gasteiger partial charge in [0.05, 0.1) is 11.2 Å². The lowest BCUT2D eigenvalue weighted by molar-refractivity contribution is -0.579. The van der Waals surface area contributed by atoms with Gasteiger partial charge in [-0.1, -0.05) is 11.6 Å². The number of hydrogen-bond acceptors (Lipinski definition) is 2. The van der Waals surface area contributed by atoms with Crippen LogP contribution in [-0.2, 0) is 0 Å². The van der Waals surface area contributed by atoms with Crippen molar-refractivity contribution in [3.63, 3.8) is 0 Å². The number of imidazole rings is 1. The van der Waals surface area contributed by atoms with Crippen molar-refractivity contribution in [1.82, 2.24) is 9.97 Å². The smallest absolute Gasteiger partial charge is 0.311 e. The third-order valence-corrected chi connectivity index (χ3v) is 1.73. The van der Waals surface area contributed by atoms with Crippen LogP contribution in [0.1, 0.15) is 0 Å². The molecular weight excluding hydrogens is 166 g/mol. The summed E-state index contributed by atoms with van der Waals surface area (Å²) in [6.45, 7) is 0. The predicted octanol–water partition coefficient (Wildman–Crippen LogP) is 0.850. The Hall–Kier alpha value is -1.29. The molecule has 56 valence electrons. The fraction of sp³-hybridized carbons (Fsp3) is 0. The van der Waals surface area contributed by atoms with Gasteiger partial charge in [-0.05, 0) is 6.07 Å². The summed E-state index contributed by atoms with van der Waals surface area (Å²) < 4.78 is 0.689. The summed E-state index contributed by atoms with van der Waals surface area (Å²) in [6.07, 6.45) is 2.77. The Morgan fingerprint density at radius 3 is 3.18 bits per heavy atom. The number of H-pyrrole nitrogens is 1. The van der Waals surface area contributed by atoms with Crippen LogP contribution in [0.4, 0.5) is 0 Å². The van der Waals surface area contributed by atoms with Crippen LogP contribution >= 0.6 is 11.6 Å². The van der Waals surface area contributed by atoms with Crippen LogP contribution in [0.2, 0.25) is 5.02 Å². The Balaban J connectivity index is 2.96. The molecule has 0 saturated heterocycles. The molecule has 0 amide bonds. The average Bonchev–Trinajstić information content (AvgIpc) is 2.45. The standard InChI is InChI=1S/C6H4ClN3O/c7-4-1-2-10(11)6-5(4)8-3-9-6/h1-3H,(H,8,9). The first-order chi connectivity index (χ1) is 5.29. The van der Waals surface area contributed by atoms with Gasteiger partial charge in [0.25, 0.3) is 0 Å². The van der Waals surface area contributed by atoms with E-state index < -0.39 is 0 Å². The van der Waals surface area contributed by atoms with Crippen molar-refractivity contribution in [2.45, 2.75) is 0 Å². The Morgan fingerprint density at radius 1 is 1.64 bits per heavy atom. The van der Waals surface area contributed by atoms with Gasteiger partial charge in [-0.25, -0.2) is 14.7 Å². The van der Waals surface area contributed by atoms with Crippen LogP contribution in [0.3, 0.4) is 0 Å². The number of nitrogens with zero attached hydrogens (tertiary/aromatic N) is 2. The molecule has 2 heterocycles. The van der Waals surface area contributed by atoms with E-state index in [4.69, 9.17) is 11.6 Å². The van der Waals surface area contributed by atoms with Gasteiger partial charge in [0.1, 0.15) is 0 Å². The highest BCUT2D eigenvalue weighted by molar-refractivity contribution is 6.34. The second-order valence-corrected chi connectivity index (χ2v) is 2.50. The molecule has 0 radical (unpaired) electrons. The molecule has 2 aromatic rings. The minimum absolute atomic E-state index is 0.387. The summed E-state index contributed by atoms with van der Waals surface area (Å²) in [5, 5.41) is 11.5. The molecule has 0 aliphatic heterocycles. The van der Waals surface area contributed by atoms with E-state index in [1.165, 1.54) is 18.6 Å². The summed E-state index contributed by atoms with van der Waals surface area (Å²) in [4.78, 5) is 6.55. The largest absolute Gasteiger partial charge is 0.711 e. The van der Waals surface area contributed by atoms with Gasteiger partial charge in [-0.3, -0.25) is 0 Å². The summed E-state index contributed by atoms with van der Waals surface area (Å²) in [6, 6.07) is 1.51. The number of aromatic nitrogens is 3. The van der Waals surface area contributed by atoms with Gasteiger partial charge in [-0.2, -0.15) is 0 Å². The lowest BCUT2D eigenvalue weighted by atomic mass is 10.4. The SMILES string of the molecule is [O-][n+]1ccc(Cl)c2nc[nH]c21. The van der Waals surface area contributed by atoms with E-state index >= 15 is 0 Å². The highest BCUT2D eigenvalue weighted by atomic mass is 35.5. The maximum absolute atomic E-state index is 11.0. The molecule has 1 N–H and O–H groups in total. The van der Waals surface area contributed by atoms with Gasteiger partial charge >= 0.3 is 5.65 Å². The van der Waals surface area contributed by atoms with Crippen molar-refractivity contribution in [2.24, 2.45) is 0 Å². The summed E-state index contributed by atoms with van der Waals surface area (Å²) >= 11 is 5.74. The fourth-order valence-corrected chi connectivity index (χ4v) is 1.11. The molecule has 2 aromatic heterocycles. The van der Waals surface area contributed by atoms with Gasteiger partial charge in [0, 0.05) is 0 Å². The number of rotatable bonds is 0. The maximum atomic E-state index is 11.0. The van der Waals surface area contributed by atoms with Crippen molar-refractivity contribution < 1.29 is 4.73 Å². The van der Waals surface area contributed by atoms with Crippen molar-refractivity contribution in [1.29, 1.82) is 0 Å². The van der Waals surface area contributed by atoms with Gasteiger partial charge < -0.3 is 5.21 Å². The van der Waals surface area contributed by atoms with Crippen LogP contribution in [0.5, 0.6) is 0 Å². The maximum Gasteiger partial charge on any atom is 0.311 e. The van der Waals surface area contributed by atoms with Gasteiger partial charge in [0.2, 0.25) is 0 Å². The van der Waals surface area contributed by atoms with E-state index in [2.05, 4.69) is 9.97 Å². The number of halogens is 1. The van der Waals surface area contributed by atoms with Crippen molar-refractivity contribution in [3.8, 4) is 0 Å². The normalized spacial score (nSPS) is 10.6. The van der Waals surface area contributed by atoms with E-state index in [0.29, 0.717) is 20.9 Å². The molecule has 5 heteroatoms. The molecule has 2 rings (SSSR count). The second kappa shape index (κ2) is 2.10. The predicted molar refractivity (Wildman–Crippen MR) is 40.1 cm³/mol. The summed E-state index contributed by atoms with van der Waals surface area (Å²) in [5.74, 6) is 0. The third-order valence-electron chi connectivity index (χ3n) is 1.42. The summed E-state index contributed by atoms with van der Waals surface area (Å²) in [7, 11) is 0. The molecule has 11 heavy (non-hydrogen) atoms. The Morgan fingerprint density at radius 2 is 2.45 bits per heavy atom. The molecule has 4 nitrogen and oxygen atoms in total. The molecule has 0 fully saturated rings. The van der Waals surface area contributed by atoms with Crippen molar-refractivity contribution in [2.75, 3.05) is 0 Å². The highest BCUT2D eigenvalue weighted by Crippen LogP contribution is 2.15. The first-order valence-electron chi connectivity index (χ1n) is 3.00. The van der Waals surface area contributed by atoms with E-state index in [1.807, 2.05) is 0 Å². The number of fused-ring (bicyclic) bond motifs is 1. The van der Waals surface area contributed by atoms with Crippen LogP contribution in [0.25, 0.3) is 11.2 Å². The van der Waals surface area contributed by atoms with E-state index in [-0.39, 0.29) is 0 Å². The monoisotopic (exact) mass is 169 g/mol. The third kappa shape index (κ3) is 0.832. The topological polar surface area (TPSA) is 55.6 Å². The van der Waals surface area contributed by atoms with Gasteiger partial charge in [0.15, 0.2) is 11.8 Å². The molecule has 0 aromatic carbocycles. The highest BCUT2D eigenvalue weighted by Gasteiger charge is 2.07. The van der Waals surface area contributed by atoms with Crippen LogP contribution in [0, 0.1) is 5.21 Å². The second-order valence-electron chi connectivity index (χ2n) is 2.09. The zero-order chi connectivity index (χ0) is 7.84. The molecule has 0 aliphatic carbocycles. The first kappa shape index (κ1) is 6.42. The summed E-state index contributed by atoms with van der Waals surface area (Å²) in [5.41, 5.74) is 0.890. The van der Waals surface area contributed by atoms with Crippen molar-refractivity contribution >= 4 is 22.8 Å². The molecule has 0 saturated carbocycles. The average molecular weight is 170 g/mol. The van der Waals surface area contributed by atoms with Crippen LogP contribution in [-0.4, -0.2) is 9.97 Å². The van der Waals surface area contributed by atoms with Crippen LogP contribution in [0.15, 0.2) is 18.6 Å². The number of nitrogens with one attached hydrogen (secondary N) is 1. The quantitative estimate of drug-likeness (QED) is 0.470. The zero-order valence-electron chi connectivity index (χ0n) is 5.41. The zero-order valence-corrected chi connectivity index (χ0v) is 6.17. The molecule has 0 aliphatic rings. The Kier molecular flexibility index (Phi) is 1.22. The van der Waals surface area contributed by atoms with E-state index in [0.717, 1.165) is 0 Å². The number of pyridine rings is 1. The van der Waals surface area contributed by atoms with Crippen LogP contribution < -0.4 is 4.73 Å². The fourth-order valence-electron chi connectivity index (χ4n) is 0.917. The number of hydrogen-bond donors (Lipinski definition) is 1. The molecule has 0 spiro atoms. The lowest BCUT2D eigenvalue weighted by Gasteiger charge is -2.00. The number of aromatic amines is 1. The minimum Gasteiger partial charge on any atom is -0.711 e. The molecule has 0 unspecified atom stereocenters. The Labute approximate surface area is 67.0 Å². The van der Waals surface area contributed by atoms with Gasteiger partial charge in [-0.15, -0.1) is 0 Å². The Bertz CT molecular complexity index is 362. The molecular formula is C6H4ClN3O. The van der Waals surface area contributed by atoms with E-state index in [9.17, 15) is 5.21 Å².